The van der Waals surface area contributed by atoms with Crippen molar-refractivity contribution in [2.45, 2.75) is 19.4 Å². The number of aliphatic hydroxyl groups excluding tert-OH is 1. The molecule has 0 atom stereocenters. The van der Waals surface area contributed by atoms with Gasteiger partial charge in [0.2, 0.25) is 0 Å². The fourth-order valence-corrected chi connectivity index (χ4v) is 1.03. The highest BCUT2D eigenvalue weighted by Crippen LogP contribution is 2.12. The van der Waals surface area contributed by atoms with Gasteiger partial charge in [0.15, 0.2) is 0 Å². The van der Waals surface area contributed by atoms with Gasteiger partial charge in [-0.15, -0.1) is 0 Å². The average Bonchev–Trinajstić information content (AvgIpc) is 2.66. The fourth-order valence-electron chi connectivity index (χ4n) is 1.03. The SMILES string of the molecule is CC(C)(CO)NC(=O)c1cc([N+](=O)[O-])c[nH]1. The monoisotopic (exact) mass is 227 g/mol. The van der Waals surface area contributed by atoms with E-state index in [0.29, 0.717) is 0 Å². The largest absolute Gasteiger partial charge is 0.394 e. The maximum atomic E-state index is 11.6. The minimum atomic E-state index is -0.767. The number of aromatic amines is 1. The minimum Gasteiger partial charge on any atom is -0.394 e. The maximum absolute atomic E-state index is 11.6. The zero-order valence-corrected chi connectivity index (χ0v) is 8.98. The molecule has 0 aliphatic carbocycles. The third kappa shape index (κ3) is 2.80. The first-order chi connectivity index (χ1) is 7.35. The van der Waals surface area contributed by atoms with Crippen molar-refractivity contribution in [3.63, 3.8) is 0 Å². The fraction of sp³-hybridized carbons (Fsp3) is 0.444. The number of carbonyl (C=O) groups excluding carboxylic acids is 1. The van der Waals surface area contributed by atoms with E-state index in [9.17, 15) is 14.9 Å². The number of nitrogens with one attached hydrogen (secondary N) is 2. The third-order valence-electron chi connectivity index (χ3n) is 1.97. The Hall–Kier alpha value is -1.89. The van der Waals surface area contributed by atoms with Crippen LogP contribution in [-0.4, -0.2) is 33.1 Å². The molecular formula is C9H13N3O4. The van der Waals surface area contributed by atoms with Crippen molar-refractivity contribution in [3.05, 3.63) is 28.1 Å². The van der Waals surface area contributed by atoms with Crippen molar-refractivity contribution in [2.24, 2.45) is 0 Å². The van der Waals surface area contributed by atoms with Crippen LogP contribution in [0.1, 0.15) is 24.3 Å². The molecule has 1 rings (SSSR count). The Labute approximate surface area is 91.6 Å². The number of aliphatic hydroxyl groups is 1. The van der Waals surface area contributed by atoms with Crippen LogP contribution in [0.3, 0.4) is 0 Å². The van der Waals surface area contributed by atoms with E-state index in [1.807, 2.05) is 0 Å². The molecule has 0 unspecified atom stereocenters. The number of aromatic nitrogens is 1. The Bertz CT molecular complexity index is 411. The summed E-state index contributed by atoms with van der Waals surface area (Å²) in [6, 6.07) is 1.14. The number of hydrogen-bond donors (Lipinski definition) is 3. The van der Waals surface area contributed by atoms with Gasteiger partial charge in [0.25, 0.3) is 11.6 Å². The van der Waals surface area contributed by atoms with Crippen LogP contribution in [0.5, 0.6) is 0 Å². The van der Waals surface area contributed by atoms with Crippen LogP contribution in [0.4, 0.5) is 5.69 Å². The average molecular weight is 227 g/mol. The quantitative estimate of drug-likeness (QED) is 0.511. The zero-order valence-electron chi connectivity index (χ0n) is 8.98. The molecule has 0 bridgehead atoms. The Morgan fingerprint density at radius 3 is 2.75 bits per heavy atom. The van der Waals surface area contributed by atoms with Crippen molar-refractivity contribution in [1.82, 2.24) is 10.3 Å². The van der Waals surface area contributed by atoms with Crippen molar-refractivity contribution in [3.8, 4) is 0 Å². The van der Waals surface area contributed by atoms with Gasteiger partial charge in [0.1, 0.15) is 5.69 Å². The summed E-state index contributed by atoms with van der Waals surface area (Å²) in [4.78, 5) is 23.9. The molecule has 0 aliphatic heterocycles. The second kappa shape index (κ2) is 4.31. The number of nitro groups is 1. The molecule has 0 saturated heterocycles. The van der Waals surface area contributed by atoms with Gasteiger partial charge in [0, 0.05) is 6.07 Å². The van der Waals surface area contributed by atoms with E-state index in [0.717, 1.165) is 12.3 Å². The first-order valence-electron chi connectivity index (χ1n) is 4.62. The lowest BCUT2D eigenvalue weighted by atomic mass is 10.1. The minimum absolute atomic E-state index is 0.0909. The molecule has 0 saturated carbocycles. The predicted molar refractivity (Wildman–Crippen MR) is 56.1 cm³/mol. The molecule has 16 heavy (non-hydrogen) atoms. The molecule has 1 amide bonds. The molecule has 1 aromatic rings. The summed E-state index contributed by atoms with van der Waals surface area (Å²) in [5.41, 5.74) is -0.850. The zero-order chi connectivity index (χ0) is 12.3. The Morgan fingerprint density at radius 1 is 1.69 bits per heavy atom. The molecule has 7 heteroatoms. The van der Waals surface area contributed by atoms with Gasteiger partial charge < -0.3 is 15.4 Å². The lowest BCUT2D eigenvalue weighted by Gasteiger charge is -2.22. The first-order valence-corrected chi connectivity index (χ1v) is 4.62. The number of rotatable bonds is 4. The van der Waals surface area contributed by atoms with Gasteiger partial charge in [-0.3, -0.25) is 14.9 Å². The van der Waals surface area contributed by atoms with E-state index >= 15 is 0 Å². The number of amides is 1. The highest BCUT2D eigenvalue weighted by Gasteiger charge is 2.22. The summed E-state index contributed by atoms with van der Waals surface area (Å²) in [6.07, 6.45) is 1.14. The van der Waals surface area contributed by atoms with E-state index in [1.165, 1.54) is 0 Å². The van der Waals surface area contributed by atoms with Crippen LogP contribution >= 0.6 is 0 Å². The van der Waals surface area contributed by atoms with Crippen LogP contribution in [0.15, 0.2) is 12.3 Å². The molecule has 0 spiro atoms. The van der Waals surface area contributed by atoms with Gasteiger partial charge in [-0.25, -0.2) is 0 Å². The molecular weight excluding hydrogens is 214 g/mol. The molecule has 3 N–H and O–H groups in total. The summed E-state index contributed by atoms with van der Waals surface area (Å²) < 4.78 is 0. The van der Waals surface area contributed by atoms with E-state index < -0.39 is 16.4 Å². The third-order valence-corrected chi connectivity index (χ3v) is 1.97. The molecule has 0 fully saturated rings. The van der Waals surface area contributed by atoms with Gasteiger partial charge in [-0.2, -0.15) is 0 Å². The Morgan fingerprint density at radius 2 is 2.31 bits per heavy atom. The van der Waals surface area contributed by atoms with Crippen molar-refractivity contribution < 1.29 is 14.8 Å². The standard InChI is InChI=1S/C9H13N3O4/c1-9(2,5-13)11-8(14)7-3-6(4-10-7)12(15)16/h3-4,10,13H,5H2,1-2H3,(H,11,14). The number of hydrogen-bond acceptors (Lipinski definition) is 4. The van der Waals surface area contributed by atoms with E-state index in [4.69, 9.17) is 5.11 Å². The lowest BCUT2D eigenvalue weighted by molar-refractivity contribution is -0.384. The lowest BCUT2D eigenvalue weighted by Crippen LogP contribution is -2.46. The van der Waals surface area contributed by atoms with Gasteiger partial charge >= 0.3 is 0 Å². The molecule has 1 heterocycles. The molecule has 0 aromatic carbocycles. The van der Waals surface area contributed by atoms with Crippen molar-refractivity contribution >= 4 is 11.6 Å². The summed E-state index contributed by atoms with van der Waals surface area (Å²) in [6.45, 7) is 3.06. The summed E-state index contributed by atoms with van der Waals surface area (Å²) in [7, 11) is 0. The van der Waals surface area contributed by atoms with Crippen molar-refractivity contribution in [2.75, 3.05) is 6.61 Å². The molecule has 7 nitrogen and oxygen atoms in total. The van der Waals surface area contributed by atoms with E-state index in [-0.39, 0.29) is 18.0 Å². The topological polar surface area (TPSA) is 108 Å². The van der Waals surface area contributed by atoms with Crippen LogP contribution < -0.4 is 5.32 Å². The summed E-state index contributed by atoms with van der Waals surface area (Å²) in [5, 5.41) is 21.9. The van der Waals surface area contributed by atoms with E-state index in [1.54, 1.807) is 13.8 Å². The highest BCUT2D eigenvalue weighted by molar-refractivity contribution is 5.93. The number of carbonyl (C=O) groups is 1. The smallest absolute Gasteiger partial charge is 0.287 e. The van der Waals surface area contributed by atoms with E-state index in [2.05, 4.69) is 10.3 Å². The summed E-state index contributed by atoms with van der Waals surface area (Å²) >= 11 is 0. The molecule has 0 radical (unpaired) electrons. The predicted octanol–water partition coefficient (Wildman–Crippen LogP) is 0.424. The van der Waals surface area contributed by atoms with Gasteiger partial charge in [0.05, 0.1) is 23.3 Å². The van der Waals surface area contributed by atoms with Crippen molar-refractivity contribution in [1.29, 1.82) is 0 Å². The molecule has 88 valence electrons. The Balaban J connectivity index is 2.77. The second-order valence-corrected chi connectivity index (χ2v) is 4.02. The Kier molecular flexibility index (Phi) is 3.28. The number of nitrogens with zero attached hydrogens (tertiary/aromatic N) is 1. The molecule has 1 aromatic heterocycles. The number of H-pyrrole nitrogens is 1. The maximum Gasteiger partial charge on any atom is 0.287 e. The van der Waals surface area contributed by atoms with Crippen LogP contribution in [0.2, 0.25) is 0 Å². The summed E-state index contributed by atoms with van der Waals surface area (Å²) in [5.74, 6) is -0.493. The normalized spacial score (nSPS) is 11.2. The second-order valence-electron chi connectivity index (χ2n) is 4.02. The highest BCUT2D eigenvalue weighted by atomic mass is 16.6. The van der Waals surface area contributed by atoms with Crippen LogP contribution in [0.25, 0.3) is 0 Å². The van der Waals surface area contributed by atoms with Gasteiger partial charge in [-0.1, -0.05) is 0 Å². The van der Waals surface area contributed by atoms with Crippen LogP contribution in [0, 0.1) is 10.1 Å². The van der Waals surface area contributed by atoms with Gasteiger partial charge in [-0.05, 0) is 13.8 Å². The molecule has 0 aliphatic rings. The first kappa shape index (κ1) is 12.2. The van der Waals surface area contributed by atoms with Crippen LogP contribution in [-0.2, 0) is 0 Å².